The summed E-state index contributed by atoms with van der Waals surface area (Å²) in [4.78, 5) is 21.8. The van der Waals surface area contributed by atoms with Crippen LogP contribution in [-0.4, -0.2) is 21.2 Å². The summed E-state index contributed by atoms with van der Waals surface area (Å²) in [6, 6.07) is 1.41. The molecule has 82 valence electrons. The van der Waals surface area contributed by atoms with Gasteiger partial charge in [-0.25, -0.2) is 18.7 Å². The van der Waals surface area contributed by atoms with Crippen LogP contribution in [-0.2, 0) is 0 Å². The number of halogens is 2. The van der Waals surface area contributed by atoms with E-state index in [-0.39, 0.29) is 5.52 Å². The Hall–Kier alpha value is -1.98. The Bertz CT molecular complexity index is 557. The topological polar surface area (TPSA) is 55.7 Å². The van der Waals surface area contributed by atoms with Crippen molar-refractivity contribution in [1.82, 2.24) is 15.0 Å². The molecule has 2 aromatic heterocycles. The highest BCUT2D eigenvalue weighted by atomic mass is 19.3. The molecule has 0 radical (unpaired) electrons. The highest BCUT2D eigenvalue weighted by Gasteiger charge is 2.14. The van der Waals surface area contributed by atoms with Gasteiger partial charge in [0.05, 0.1) is 11.2 Å². The van der Waals surface area contributed by atoms with Crippen molar-refractivity contribution in [2.45, 2.75) is 13.3 Å². The molecule has 0 aliphatic rings. The molecule has 0 amide bonds. The van der Waals surface area contributed by atoms with Crippen LogP contribution in [0.2, 0.25) is 0 Å². The number of hydrogen-bond donors (Lipinski definition) is 0. The zero-order chi connectivity index (χ0) is 11.7. The third-order valence-electron chi connectivity index (χ3n) is 2.08. The summed E-state index contributed by atoms with van der Waals surface area (Å²) in [5.41, 5.74) is 1.35. The molecule has 0 atom stereocenters. The predicted octanol–water partition coefficient (Wildman–Crippen LogP) is 2.08. The van der Waals surface area contributed by atoms with Gasteiger partial charge >= 0.3 is 0 Å². The molecule has 2 rings (SSSR count). The number of carbonyl (C=O) groups excluding carboxylic acids is 1. The van der Waals surface area contributed by atoms with E-state index in [0.29, 0.717) is 23.1 Å². The SMILES string of the molecule is Cc1nc(C(F)F)nc2cc(C=O)cnc12. The van der Waals surface area contributed by atoms with Gasteiger partial charge in [0, 0.05) is 11.8 Å². The maximum atomic E-state index is 12.4. The maximum Gasteiger partial charge on any atom is 0.297 e. The molecule has 0 aromatic carbocycles. The highest BCUT2D eigenvalue weighted by Crippen LogP contribution is 2.19. The lowest BCUT2D eigenvalue weighted by atomic mass is 10.2. The van der Waals surface area contributed by atoms with Gasteiger partial charge in [0.1, 0.15) is 5.52 Å². The largest absolute Gasteiger partial charge is 0.298 e. The van der Waals surface area contributed by atoms with Crippen molar-refractivity contribution in [3.8, 4) is 0 Å². The fourth-order valence-electron chi connectivity index (χ4n) is 1.37. The lowest BCUT2D eigenvalue weighted by Gasteiger charge is -2.04. The van der Waals surface area contributed by atoms with Gasteiger partial charge in [0.25, 0.3) is 6.43 Å². The van der Waals surface area contributed by atoms with Crippen LogP contribution in [0.1, 0.15) is 28.3 Å². The fourth-order valence-corrected chi connectivity index (χ4v) is 1.37. The van der Waals surface area contributed by atoms with Crippen molar-refractivity contribution in [2.75, 3.05) is 0 Å². The molecule has 0 spiro atoms. The molecule has 0 fully saturated rings. The van der Waals surface area contributed by atoms with Crippen molar-refractivity contribution < 1.29 is 13.6 Å². The minimum absolute atomic E-state index is 0.257. The summed E-state index contributed by atoms with van der Waals surface area (Å²) in [5.74, 6) is -0.546. The summed E-state index contributed by atoms with van der Waals surface area (Å²) in [5, 5.41) is 0. The van der Waals surface area contributed by atoms with Gasteiger partial charge < -0.3 is 0 Å². The second-order valence-electron chi connectivity index (χ2n) is 3.22. The number of rotatable bonds is 2. The Morgan fingerprint density at radius 2 is 2.12 bits per heavy atom. The number of aromatic nitrogens is 3. The first-order valence-corrected chi connectivity index (χ1v) is 4.49. The van der Waals surface area contributed by atoms with Crippen LogP contribution in [0.4, 0.5) is 8.78 Å². The number of aldehydes is 1. The van der Waals surface area contributed by atoms with Crippen LogP contribution in [0, 0.1) is 6.92 Å². The van der Waals surface area contributed by atoms with Gasteiger partial charge in [0.2, 0.25) is 0 Å². The van der Waals surface area contributed by atoms with Crippen molar-refractivity contribution in [3.63, 3.8) is 0 Å². The minimum Gasteiger partial charge on any atom is -0.298 e. The molecule has 4 nitrogen and oxygen atoms in total. The summed E-state index contributed by atoms with van der Waals surface area (Å²) < 4.78 is 24.9. The third-order valence-corrected chi connectivity index (χ3v) is 2.08. The zero-order valence-electron chi connectivity index (χ0n) is 8.32. The predicted molar refractivity (Wildman–Crippen MR) is 52.4 cm³/mol. The monoisotopic (exact) mass is 223 g/mol. The fraction of sp³-hybridized carbons (Fsp3) is 0.200. The van der Waals surface area contributed by atoms with Gasteiger partial charge in [-0.05, 0) is 13.0 Å². The lowest BCUT2D eigenvalue weighted by Crippen LogP contribution is -2.00. The molecule has 0 aliphatic heterocycles. The smallest absolute Gasteiger partial charge is 0.297 e. The first kappa shape index (κ1) is 10.5. The van der Waals surface area contributed by atoms with Crippen molar-refractivity contribution in [1.29, 1.82) is 0 Å². The van der Waals surface area contributed by atoms with Crippen molar-refractivity contribution in [2.24, 2.45) is 0 Å². The molecule has 2 aromatic rings. The van der Waals surface area contributed by atoms with E-state index in [2.05, 4.69) is 15.0 Å². The van der Waals surface area contributed by atoms with E-state index < -0.39 is 12.2 Å². The minimum atomic E-state index is -2.73. The molecule has 0 N–H and O–H groups in total. The van der Waals surface area contributed by atoms with Crippen molar-refractivity contribution >= 4 is 17.3 Å². The number of hydrogen-bond acceptors (Lipinski definition) is 4. The molecule has 0 bridgehead atoms. The normalized spacial score (nSPS) is 11.0. The number of pyridine rings is 1. The Morgan fingerprint density at radius 3 is 2.75 bits per heavy atom. The van der Waals surface area contributed by atoms with Crippen LogP contribution in [0.5, 0.6) is 0 Å². The van der Waals surface area contributed by atoms with Crippen LogP contribution < -0.4 is 0 Å². The van der Waals surface area contributed by atoms with E-state index in [1.54, 1.807) is 6.92 Å². The van der Waals surface area contributed by atoms with Crippen LogP contribution in [0.15, 0.2) is 12.3 Å². The van der Waals surface area contributed by atoms with E-state index in [0.717, 1.165) is 0 Å². The maximum absolute atomic E-state index is 12.4. The van der Waals surface area contributed by atoms with Crippen molar-refractivity contribution in [3.05, 3.63) is 29.3 Å². The number of fused-ring (bicyclic) bond motifs is 1. The van der Waals surface area contributed by atoms with Crippen LogP contribution in [0.25, 0.3) is 11.0 Å². The molecular formula is C10H7F2N3O. The average Bonchev–Trinajstić information content (AvgIpc) is 2.28. The Kier molecular flexibility index (Phi) is 2.55. The molecule has 0 saturated carbocycles. The van der Waals surface area contributed by atoms with Gasteiger partial charge in [-0.1, -0.05) is 0 Å². The lowest BCUT2D eigenvalue weighted by molar-refractivity contribution is 0.112. The van der Waals surface area contributed by atoms with Crippen LogP contribution in [0.3, 0.4) is 0 Å². The molecular weight excluding hydrogens is 216 g/mol. The third kappa shape index (κ3) is 1.73. The van der Waals surface area contributed by atoms with Gasteiger partial charge in [-0.3, -0.25) is 9.78 Å². The van der Waals surface area contributed by atoms with Crippen LogP contribution >= 0.6 is 0 Å². The second kappa shape index (κ2) is 3.88. The van der Waals surface area contributed by atoms with Gasteiger partial charge in [0.15, 0.2) is 12.1 Å². The Labute approximate surface area is 89.4 Å². The average molecular weight is 223 g/mol. The van der Waals surface area contributed by atoms with Gasteiger partial charge in [-0.2, -0.15) is 0 Å². The standard InChI is InChI=1S/C10H7F2N3O/c1-5-8-7(2-6(4-16)3-13-8)15-10(14-5)9(11)12/h2-4,9H,1H3. The Morgan fingerprint density at radius 1 is 1.38 bits per heavy atom. The summed E-state index contributed by atoms with van der Waals surface area (Å²) >= 11 is 0. The Balaban J connectivity index is 2.72. The molecule has 16 heavy (non-hydrogen) atoms. The molecule has 0 aliphatic carbocycles. The molecule has 2 heterocycles. The first-order chi connectivity index (χ1) is 7.61. The summed E-state index contributed by atoms with van der Waals surface area (Å²) in [6.45, 7) is 1.57. The summed E-state index contributed by atoms with van der Waals surface area (Å²) in [6.07, 6.45) is -0.789. The number of carbonyl (C=O) groups is 1. The van der Waals surface area contributed by atoms with E-state index in [1.807, 2.05) is 0 Å². The summed E-state index contributed by atoms with van der Waals surface area (Å²) in [7, 11) is 0. The highest BCUT2D eigenvalue weighted by molar-refractivity contribution is 5.84. The van der Waals surface area contributed by atoms with E-state index >= 15 is 0 Å². The first-order valence-electron chi connectivity index (χ1n) is 4.49. The molecule has 0 saturated heterocycles. The van der Waals surface area contributed by atoms with E-state index in [1.165, 1.54) is 12.3 Å². The van der Waals surface area contributed by atoms with Gasteiger partial charge in [-0.15, -0.1) is 0 Å². The second-order valence-corrected chi connectivity index (χ2v) is 3.22. The van der Waals surface area contributed by atoms with E-state index in [4.69, 9.17) is 0 Å². The number of alkyl halides is 2. The number of nitrogens with zero attached hydrogens (tertiary/aromatic N) is 3. The zero-order valence-corrected chi connectivity index (χ0v) is 8.32. The quantitative estimate of drug-likeness (QED) is 0.731. The van der Waals surface area contributed by atoms with E-state index in [9.17, 15) is 13.6 Å². The number of aryl methyl sites for hydroxylation is 1. The molecule has 0 unspecified atom stereocenters. The molecule has 6 heteroatoms.